The van der Waals surface area contributed by atoms with Crippen LogP contribution in [-0.2, 0) is 14.3 Å². The number of ether oxygens (including phenoxy) is 2. The van der Waals surface area contributed by atoms with Gasteiger partial charge < -0.3 is 40.3 Å². The fourth-order valence-corrected chi connectivity index (χ4v) is 11.4. The third kappa shape index (κ3) is 47.2. The van der Waals surface area contributed by atoms with Gasteiger partial charge in [0.05, 0.1) is 25.4 Å². The van der Waals surface area contributed by atoms with E-state index in [0.717, 1.165) is 44.9 Å². The van der Waals surface area contributed by atoms with E-state index in [0.29, 0.717) is 12.8 Å². The summed E-state index contributed by atoms with van der Waals surface area (Å²) in [6, 6.07) is -0.718. The molecule has 0 aromatic carbocycles. The monoisotopic (exact) mass is 1100 g/mol. The van der Waals surface area contributed by atoms with Crippen molar-refractivity contribution in [1.82, 2.24) is 5.32 Å². The molecule has 0 spiro atoms. The van der Waals surface area contributed by atoms with E-state index in [-0.39, 0.29) is 12.5 Å². The number of amides is 1. The number of carbonyl (C=O) groups excluding carboxylic acids is 1. The van der Waals surface area contributed by atoms with Gasteiger partial charge in [0.2, 0.25) is 5.91 Å². The highest BCUT2D eigenvalue weighted by Gasteiger charge is 2.44. The van der Waals surface area contributed by atoms with E-state index in [1.165, 1.54) is 283 Å². The van der Waals surface area contributed by atoms with Gasteiger partial charge in [-0.05, 0) is 44.9 Å². The molecule has 0 saturated carbocycles. The summed E-state index contributed by atoms with van der Waals surface area (Å²) in [7, 11) is 0. The zero-order valence-corrected chi connectivity index (χ0v) is 51.7. The Balaban J connectivity index is 2.06. The molecule has 7 unspecified atom stereocenters. The van der Waals surface area contributed by atoms with E-state index < -0.39 is 49.5 Å². The van der Waals surface area contributed by atoms with E-state index in [4.69, 9.17) is 9.47 Å². The summed E-state index contributed by atoms with van der Waals surface area (Å²) in [5, 5.41) is 54.8. The molecule has 1 fully saturated rings. The Labute approximate surface area is 483 Å². The van der Waals surface area contributed by atoms with Crippen molar-refractivity contribution >= 4 is 5.91 Å². The molecule has 9 nitrogen and oxygen atoms in total. The smallest absolute Gasteiger partial charge is 0.220 e. The lowest BCUT2D eigenvalue weighted by molar-refractivity contribution is -0.302. The third-order valence-electron chi connectivity index (χ3n) is 16.8. The summed E-state index contributed by atoms with van der Waals surface area (Å²) >= 11 is 0. The van der Waals surface area contributed by atoms with Crippen molar-refractivity contribution in [2.24, 2.45) is 0 Å². The first-order valence-corrected chi connectivity index (χ1v) is 34.5. The van der Waals surface area contributed by atoms with Crippen molar-refractivity contribution < 1.29 is 39.8 Å². The first-order valence-electron chi connectivity index (χ1n) is 34.5. The molecule has 0 aliphatic carbocycles. The van der Waals surface area contributed by atoms with E-state index >= 15 is 0 Å². The van der Waals surface area contributed by atoms with Crippen LogP contribution in [0.2, 0.25) is 0 Å². The van der Waals surface area contributed by atoms with Crippen LogP contribution in [0.5, 0.6) is 0 Å². The van der Waals surface area contributed by atoms with Gasteiger partial charge in [-0.3, -0.25) is 4.79 Å². The molecule has 1 saturated heterocycles. The molecule has 7 atom stereocenters. The van der Waals surface area contributed by atoms with Crippen LogP contribution >= 0.6 is 0 Å². The average molecular weight is 1100 g/mol. The van der Waals surface area contributed by atoms with Gasteiger partial charge in [0.25, 0.3) is 0 Å². The van der Waals surface area contributed by atoms with Crippen molar-refractivity contribution in [2.75, 3.05) is 13.2 Å². The summed E-state index contributed by atoms with van der Waals surface area (Å²) in [6.45, 7) is 3.89. The first-order chi connectivity index (χ1) is 38.3. The van der Waals surface area contributed by atoms with Gasteiger partial charge >= 0.3 is 0 Å². The number of nitrogens with one attached hydrogen (secondary N) is 1. The Morgan fingerprint density at radius 3 is 1.10 bits per heavy atom. The molecule has 462 valence electrons. The van der Waals surface area contributed by atoms with Crippen LogP contribution in [0.25, 0.3) is 0 Å². The highest BCUT2D eigenvalue weighted by Crippen LogP contribution is 2.24. The topological polar surface area (TPSA) is 149 Å². The predicted molar refractivity (Wildman–Crippen MR) is 332 cm³/mol. The van der Waals surface area contributed by atoms with E-state index in [9.17, 15) is 30.3 Å². The molecule has 1 aliphatic rings. The lowest BCUT2D eigenvalue weighted by atomic mass is 9.99. The van der Waals surface area contributed by atoms with Crippen LogP contribution in [-0.4, -0.2) is 87.5 Å². The Kier molecular flexibility index (Phi) is 56.3. The summed E-state index contributed by atoms with van der Waals surface area (Å²) in [5.74, 6) is -0.138. The fraction of sp³-hybridized carbons (Fsp3) is 0.928. The maximum absolute atomic E-state index is 13.1. The van der Waals surface area contributed by atoms with Crippen molar-refractivity contribution in [3.05, 3.63) is 24.3 Å². The van der Waals surface area contributed by atoms with Crippen LogP contribution < -0.4 is 5.32 Å². The first kappa shape index (κ1) is 74.7. The second kappa shape index (κ2) is 58.9. The summed E-state index contributed by atoms with van der Waals surface area (Å²) in [5.41, 5.74) is 0. The number of allylic oxidation sites excluding steroid dienone is 4. The highest BCUT2D eigenvalue weighted by atomic mass is 16.7. The van der Waals surface area contributed by atoms with Gasteiger partial charge in [0.15, 0.2) is 6.29 Å². The standard InChI is InChI=1S/C69H133NO8/c1-3-5-7-9-11-13-15-17-19-21-23-24-25-26-27-28-29-30-31-32-33-34-35-36-37-38-39-40-41-43-45-47-49-51-53-55-57-59-65(73)70-62(61-77-69-68(76)67(75)66(74)64(60-71)78-69)63(72)58-56-54-52-50-48-46-44-42-22-20-18-16-14-12-10-8-6-4-2/h27-28,30-31,62-64,66-69,71-72,74-76H,3-26,29,32-61H2,1-2H3,(H,70,73)/b28-27-,31-30-. The fourth-order valence-electron chi connectivity index (χ4n) is 11.4. The zero-order chi connectivity index (χ0) is 56.5. The lowest BCUT2D eigenvalue weighted by Crippen LogP contribution is -2.60. The zero-order valence-electron chi connectivity index (χ0n) is 51.7. The predicted octanol–water partition coefficient (Wildman–Crippen LogP) is 18.5. The molecule has 1 amide bonds. The Morgan fingerprint density at radius 2 is 0.756 bits per heavy atom. The normalized spacial score (nSPS) is 18.7. The Bertz CT molecular complexity index is 1280. The Morgan fingerprint density at radius 1 is 0.436 bits per heavy atom. The van der Waals surface area contributed by atoms with E-state index in [2.05, 4.69) is 43.5 Å². The van der Waals surface area contributed by atoms with Gasteiger partial charge in [-0.15, -0.1) is 0 Å². The quantitative estimate of drug-likeness (QED) is 0.0261. The van der Waals surface area contributed by atoms with Gasteiger partial charge in [0.1, 0.15) is 24.4 Å². The number of unbranched alkanes of at least 4 members (excludes halogenated alkanes) is 47. The molecule has 1 heterocycles. The molecular weight excluding hydrogens is 971 g/mol. The van der Waals surface area contributed by atoms with Crippen LogP contribution in [0.15, 0.2) is 24.3 Å². The van der Waals surface area contributed by atoms with Crippen molar-refractivity contribution in [1.29, 1.82) is 0 Å². The van der Waals surface area contributed by atoms with Crippen molar-refractivity contribution in [3.8, 4) is 0 Å². The number of aliphatic hydroxyl groups excluding tert-OH is 5. The minimum atomic E-state index is -1.55. The van der Waals surface area contributed by atoms with Gasteiger partial charge in [-0.1, -0.05) is 327 Å². The molecule has 78 heavy (non-hydrogen) atoms. The maximum atomic E-state index is 13.1. The number of rotatable bonds is 61. The second-order valence-electron chi connectivity index (χ2n) is 24.3. The number of carbonyl (C=O) groups is 1. The Hall–Kier alpha value is -1.33. The average Bonchev–Trinajstić information content (AvgIpc) is 3.45. The molecule has 0 bridgehead atoms. The molecule has 0 aromatic rings. The number of hydrogen-bond donors (Lipinski definition) is 6. The lowest BCUT2D eigenvalue weighted by Gasteiger charge is -2.40. The van der Waals surface area contributed by atoms with Crippen LogP contribution in [0.1, 0.15) is 354 Å². The van der Waals surface area contributed by atoms with Crippen molar-refractivity contribution in [2.45, 2.75) is 397 Å². The second-order valence-corrected chi connectivity index (χ2v) is 24.3. The van der Waals surface area contributed by atoms with E-state index in [1.54, 1.807) is 0 Å². The highest BCUT2D eigenvalue weighted by molar-refractivity contribution is 5.76. The summed E-state index contributed by atoms with van der Waals surface area (Å²) in [6.07, 6.45) is 69.7. The molecule has 0 aromatic heterocycles. The molecule has 1 aliphatic heterocycles. The number of aliphatic hydroxyl groups is 5. The third-order valence-corrected chi connectivity index (χ3v) is 16.8. The van der Waals surface area contributed by atoms with Crippen molar-refractivity contribution in [3.63, 3.8) is 0 Å². The SMILES string of the molecule is CCCCCCCCCCCCCCC/C=C\C/C=C\CCCCCCCCCCCCCCCCCCCC(=O)NC(COC1OC(CO)C(O)C(O)C1O)C(O)CCCCCCCCCCCCCCCCCCCC. The summed E-state index contributed by atoms with van der Waals surface area (Å²) in [4.78, 5) is 13.1. The minimum absolute atomic E-state index is 0.134. The van der Waals surface area contributed by atoms with Crippen LogP contribution in [0, 0.1) is 0 Å². The van der Waals surface area contributed by atoms with Crippen LogP contribution in [0.3, 0.4) is 0 Å². The molecule has 9 heteroatoms. The number of hydrogen-bond acceptors (Lipinski definition) is 8. The largest absolute Gasteiger partial charge is 0.394 e. The molecule has 1 rings (SSSR count). The summed E-state index contributed by atoms with van der Waals surface area (Å²) < 4.78 is 11.4. The van der Waals surface area contributed by atoms with Crippen LogP contribution in [0.4, 0.5) is 0 Å². The van der Waals surface area contributed by atoms with Gasteiger partial charge in [-0.2, -0.15) is 0 Å². The molecular formula is C69H133NO8. The minimum Gasteiger partial charge on any atom is -0.394 e. The molecule has 0 radical (unpaired) electrons. The molecule has 6 N–H and O–H groups in total. The van der Waals surface area contributed by atoms with E-state index in [1.807, 2.05) is 0 Å². The maximum Gasteiger partial charge on any atom is 0.220 e. The van der Waals surface area contributed by atoms with Gasteiger partial charge in [-0.25, -0.2) is 0 Å². The van der Waals surface area contributed by atoms with Gasteiger partial charge in [0, 0.05) is 6.42 Å².